The van der Waals surface area contributed by atoms with Crippen molar-refractivity contribution < 1.29 is 18.9 Å². The van der Waals surface area contributed by atoms with Crippen LogP contribution in [-0.2, 0) is 6.42 Å². The average molecular weight is 417 g/mol. The lowest BCUT2D eigenvalue weighted by Crippen LogP contribution is -2.40. The number of carbonyl (C=O) groups excluding carboxylic acids is 1. The van der Waals surface area contributed by atoms with E-state index < -0.39 is 11.0 Å². The largest absolute Gasteiger partial charge is 0.497 e. The molecular formula is C23H19N3O5. The number of nitrogens with one attached hydrogen (secondary N) is 1. The maximum absolute atomic E-state index is 13.2. The van der Waals surface area contributed by atoms with Gasteiger partial charge in [-0.15, -0.1) is 0 Å². The first-order chi connectivity index (χ1) is 15.1. The number of ether oxygens (including phenoxy) is 1. The van der Waals surface area contributed by atoms with Crippen LogP contribution in [0.5, 0.6) is 5.75 Å². The maximum atomic E-state index is 13.2. The minimum atomic E-state index is -0.433. The number of aromatic nitrogens is 1. The molecule has 4 aromatic rings. The standard InChI is InChI=1S/C23H19N3O5/c1-30-16-8-9-19-18(13-16)17-10-11-25(23(27)20-3-2-12-31-20)22(21(17)24-19)14-4-6-15(7-5-14)26(28)29/h2-9,12-13,22,24H,10-11H2,1H3. The van der Waals surface area contributed by atoms with Crippen LogP contribution in [0.1, 0.15) is 33.4 Å². The molecule has 8 heteroatoms. The van der Waals surface area contributed by atoms with Crippen molar-refractivity contribution in [2.24, 2.45) is 0 Å². The Morgan fingerprint density at radius 1 is 1.23 bits per heavy atom. The van der Waals surface area contributed by atoms with E-state index in [0.717, 1.165) is 33.5 Å². The molecule has 3 heterocycles. The zero-order valence-corrected chi connectivity index (χ0v) is 16.7. The highest BCUT2D eigenvalue weighted by molar-refractivity contribution is 5.93. The van der Waals surface area contributed by atoms with Crippen molar-refractivity contribution in [1.82, 2.24) is 9.88 Å². The third kappa shape index (κ3) is 3.13. The summed E-state index contributed by atoms with van der Waals surface area (Å²) in [4.78, 5) is 29.1. The van der Waals surface area contributed by atoms with Crippen molar-refractivity contribution in [3.8, 4) is 5.75 Å². The molecule has 156 valence electrons. The highest BCUT2D eigenvalue weighted by atomic mass is 16.6. The van der Waals surface area contributed by atoms with E-state index in [1.165, 1.54) is 18.4 Å². The lowest BCUT2D eigenvalue weighted by atomic mass is 9.92. The average Bonchev–Trinajstić information content (AvgIpc) is 3.45. The van der Waals surface area contributed by atoms with Crippen LogP contribution < -0.4 is 4.74 Å². The molecule has 0 saturated heterocycles. The summed E-state index contributed by atoms with van der Waals surface area (Å²) in [7, 11) is 1.63. The molecule has 1 aliphatic heterocycles. The molecule has 1 unspecified atom stereocenters. The van der Waals surface area contributed by atoms with Crippen molar-refractivity contribution in [2.75, 3.05) is 13.7 Å². The number of methoxy groups -OCH3 is 1. The number of aromatic amines is 1. The third-order valence-corrected chi connectivity index (χ3v) is 5.75. The fraction of sp³-hybridized carbons (Fsp3) is 0.174. The first-order valence-corrected chi connectivity index (χ1v) is 9.84. The number of furan rings is 1. The van der Waals surface area contributed by atoms with E-state index in [-0.39, 0.29) is 17.4 Å². The van der Waals surface area contributed by atoms with Gasteiger partial charge < -0.3 is 19.0 Å². The molecule has 0 fully saturated rings. The molecule has 0 spiro atoms. The molecule has 2 aromatic carbocycles. The number of nitrogens with zero attached hydrogens (tertiary/aromatic N) is 2. The number of fused-ring (bicyclic) bond motifs is 3. The van der Waals surface area contributed by atoms with E-state index in [1.807, 2.05) is 18.2 Å². The first-order valence-electron chi connectivity index (χ1n) is 9.84. The van der Waals surface area contributed by atoms with Crippen LogP contribution in [0.4, 0.5) is 5.69 Å². The number of carbonyl (C=O) groups is 1. The second kappa shape index (κ2) is 7.32. The van der Waals surface area contributed by atoms with Gasteiger partial charge in [0.05, 0.1) is 24.3 Å². The zero-order valence-electron chi connectivity index (χ0n) is 16.7. The highest BCUT2D eigenvalue weighted by Crippen LogP contribution is 2.40. The summed E-state index contributed by atoms with van der Waals surface area (Å²) in [5.74, 6) is 0.790. The van der Waals surface area contributed by atoms with Gasteiger partial charge in [-0.2, -0.15) is 0 Å². The Morgan fingerprint density at radius 3 is 2.71 bits per heavy atom. The molecule has 8 nitrogen and oxygen atoms in total. The quantitative estimate of drug-likeness (QED) is 0.390. The smallest absolute Gasteiger partial charge is 0.290 e. The van der Waals surface area contributed by atoms with Gasteiger partial charge in [0.15, 0.2) is 5.76 Å². The van der Waals surface area contributed by atoms with Gasteiger partial charge in [-0.05, 0) is 60.0 Å². The number of non-ortho nitro benzene ring substituents is 1. The highest BCUT2D eigenvalue weighted by Gasteiger charge is 2.36. The summed E-state index contributed by atoms with van der Waals surface area (Å²) < 4.78 is 10.7. The normalized spacial score (nSPS) is 15.6. The van der Waals surface area contributed by atoms with Crippen LogP contribution in [0.2, 0.25) is 0 Å². The lowest BCUT2D eigenvalue weighted by Gasteiger charge is -2.35. The van der Waals surface area contributed by atoms with E-state index in [4.69, 9.17) is 9.15 Å². The Morgan fingerprint density at radius 2 is 2.03 bits per heavy atom. The van der Waals surface area contributed by atoms with Crippen LogP contribution in [0, 0.1) is 10.1 Å². The second-order valence-electron chi connectivity index (χ2n) is 7.41. The van der Waals surface area contributed by atoms with Gasteiger partial charge in [-0.3, -0.25) is 14.9 Å². The second-order valence-corrected chi connectivity index (χ2v) is 7.41. The van der Waals surface area contributed by atoms with E-state index in [0.29, 0.717) is 13.0 Å². The van der Waals surface area contributed by atoms with Gasteiger partial charge >= 0.3 is 0 Å². The summed E-state index contributed by atoms with van der Waals surface area (Å²) in [6, 6.07) is 15.0. The van der Waals surface area contributed by atoms with E-state index in [9.17, 15) is 14.9 Å². The predicted molar refractivity (Wildman–Crippen MR) is 113 cm³/mol. The van der Waals surface area contributed by atoms with Crippen molar-refractivity contribution in [3.05, 3.63) is 93.6 Å². The van der Waals surface area contributed by atoms with E-state index >= 15 is 0 Å². The number of nitro benzene ring substituents is 1. The van der Waals surface area contributed by atoms with Crippen molar-refractivity contribution in [3.63, 3.8) is 0 Å². The van der Waals surface area contributed by atoms with Crippen molar-refractivity contribution >= 4 is 22.5 Å². The Hall–Kier alpha value is -4.07. The summed E-state index contributed by atoms with van der Waals surface area (Å²) in [5, 5.41) is 12.2. The lowest BCUT2D eigenvalue weighted by molar-refractivity contribution is -0.384. The Kier molecular flexibility index (Phi) is 4.47. The molecule has 1 atom stereocenters. The van der Waals surface area contributed by atoms with Gasteiger partial charge in [0.2, 0.25) is 0 Å². The summed E-state index contributed by atoms with van der Waals surface area (Å²) in [5.41, 5.74) is 3.74. The maximum Gasteiger partial charge on any atom is 0.290 e. The molecule has 0 aliphatic carbocycles. The minimum Gasteiger partial charge on any atom is -0.497 e. The molecule has 2 aromatic heterocycles. The Bertz CT molecular complexity index is 1270. The van der Waals surface area contributed by atoms with Crippen molar-refractivity contribution in [1.29, 1.82) is 0 Å². The topological polar surface area (TPSA) is 102 Å². The number of nitro groups is 1. The number of rotatable bonds is 4. The molecule has 0 saturated carbocycles. The van der Waals surface area contributed by atoms with E-state index in [1.54, 1.807) is 36.3 Å². The van der Waals surface area contributed by atoms with Gasteiger partial charge in [0.25, 0.3) is 11.6 Å². The van der Waals surface area contributed by atoms with E-state index in [2.05, 4.69) is 4.98 Å². The number of H-pyrrole nitrogens is 1. The zero-order chi connectivity index (χ0) is 21.5. The van der Waals surface area contributed by atoms with Gasteiger partial charge in [-0.25, -0.2) is 0 Å². The van der Waals surface area contributed by atoms with Crippen LogP contribution in [0.25, 0.3) is 10.9 Å². The molecule has 1 N–H and O–H groups in total. The SMILES string of the molecule is COc1ccc2[nH]c3c(c2c1)CCN(C(=O)c1ccco1)C3c1ccc([N+](=O)[O-])cc1. The predicted octanol–water partition coefficient (Wildman–Crippen LogP) is 4.47. The Balaban J connectivity index is 1.66. The molecule has 0 radical (unpaired) electrons. The molecule has 1 aliphatic rings. The fourth-order valence-corrected chi connectivity index (χ4v) is 4.28. The van der Waals surface area contributed by atoms with Crippen LogP contribution in [-0.4, -0.2) is 34.4 Å². The molecular weight excluding hydrogens is 398 g/mol. The summed E-state index contributed by atoms with van der Waals surface area (Å²) in [6.07, 6.45) is 2.14. The molecule has 0 bridgehead atoms. The number of hydrogen-bond acceptors (Lipinski definition) is 5. The van der Waals surface area contributed by atoms with Crippen LogP contribution in [0.15, 0.2) is 65.3 Å². The molecule has 1 amide bonds. The van der Waals surface area contributed by atoms with Crippen molar-refractivity contribution in [2.45, 2.75) is 12.5 Å². The fourth-order valence-electron chi connectivity index (χ4n) is 4.28. The Labute approximate surface area is 177 Å². The summed E-state index contributed by atoms with van der Waals surface area (Å²) >= 11 is 0. The van der Waals surface area contributed by atoms with Gasteiger partial charge in [-0.1, -0.05) is 0 Å². The van der Waals surface area contributed by atoms with Crippen LogP contribution in [0.3, 0.4) is 0 Å². The number of amides is 1. The van der Waals surface area contributed by atoms with Gasteiger partial charge in [0.1, 0.15) is 5.75 Å². The number of benzene rings is 2. The summed E-state index contributed by atoms with van der Waals surface area (Å²) in [6.45, 7) is 0.484. The van der Waals surface area contributed by atoms with Crippen LogP contribution >= 0.6 is 0 Å². The monoisotopic (exact) mass is 417 g/mol. The molecule has 31 heavy (non-hydrogen) atoms. The molecule has 5 rings (SSSR count). The number of hydrogen-bond donors (Lipinski definition) is 1. The van der Waals surface area contributed by atoms with Gasteiger partial charge in [0, 0.05) is 35.3 Å². The minimum absolute atomic E-state index is 0.00470. The third-order valence-electron chi connectivity index (χ3n) is 5.75. The first kappa shape index (κ1) is 18.9.